The van der Waals surface area contributed by atoms with Crippen LogP contribution in [0.25, 0.3) is 6.08 Å². The quantitative estimate of drug-likeness (QED) is 0.651. The van der Waals surface area contributed by atoms with Gasteiger partial charge in [-0.05, 0) is 67.1 Å². The zero-order valence-electron chi connectivity index (χ0n) is 14.2. The first kappa shape index (κ1) is 19.1. The molecular formula is C21H25Cl2N. The minimum absolute atomic E-state index is 0. The average molecular weight is 362 g/mol. The molecule has 0 bridgehead atoms. The molecule has 2 aromatic rings. The van der Waals surface area contributed by atoms with E-state index in [-0.39, 0.29) is 12.4 Å². The molecule has 0 unspecified atom stereocenters. The lowest BCUT2D eigenvalue weighted by atomic mass is 9.90. The van der Waals surface area contributed by atoms with Crippen molar-refractivity contribution in [3.8, 4) is 0 Å². The summed E-state index contributed by atoms with van der Waals surface area (Å²) in [6.07, 6.45) is 9.57. The molecular weight excluding hydrogens is 337 g/mol. The minimum atomic E-state index is 0. The third-order valence-corrected chi connectivity index (χ3v) is 4.71. The molecule has 0 N–H and O–H groups in total. The Hall–Kier alpha value is -1.28. The Balaban J connectivity index is 0.00000208. The second-order valence-electron chi connectivity index (χ2n) is 6.46. The van der Waals surface area contributed by atoms with E-state index in [9.17, 15) is 0 Å². The van der Waals surface area contributed by atoms with Gasteiger partial charge in [-0.3, -0.25) is 4.90 Å². The van der Waals surface area contributed by atoms with Crippen molar-refractivity contribution in [2.24, 2.45) is 0 Å². The normalized spacial score (nSPS) is 13.8. The standard InChI is InChI=1S/C21H24ClN.ClH/c1-23(14-4-5-17-9-12-21(22)13-10-17)16-18-8-11-19-6-2-3-7-20(19)15-18;/h4-5,8-13,15H,2-3,6-7,14,16H2,1H3;1H/b5-4+;. The molecule has 0 saturated heterocycles. The second kappa shape index (κ2) is 9.27. The van der Waals surface area contributed by atoms with Crippen molar-refractivity contribution in [3.63, 3.8) is 0 Å². The maximum absolute atomic E-state index is 5.90. The van der Waals surface area contributed by atoms with Crippen molar-refractivity contribution < 1.29 is 0 Å². The van der Waals surface area contributed by atoms with Crippen LogP contribution in [0.5, 0.6) is 0 Å². The maximum atomic E-state index is 5.90. The molecule has 1 nitrogen and oxygen atoms in total. The smallest absolute Gasteiger partial charge is 0.0406 e. The number of hydrogen-bond donors (Lipinski definition) is 0. The number of halogens is 2. The molecule has 0 spiro atoms. The molecule has 1 aliphatic carbocycles. The number of benzene rings is 2. The number of rotatable bonds is 5. The molecule has 0 heterocycles. The van der Waals surface area contributed by atoms with Crippen LogP contribution in [0.15, 0.2) is 48.5 Å². The summed E-state index contributed by atoms with van der Waals surface area (Å²) in [5.41, 5.74) is 5.74. The van der Waals surface area contributed by atoms with Gasteiger partial charge in [-0.15, -0.1) is 12.4 Å². The van der Waals surface area contributed by atoms with E-state index < -0.39 is 0 Å². The molecule has 0 aliphatic heterocycles. The van der Waals surface area contributed by atoms with Crippen LogP contribution >= 0.6 is 24.0 Å². The molecule has 0 fully saturated rings. The fourth-order valence-corrected chi connectivity index (χ4v) is 3.33. The van der Waals surface area contributed by atoms with Gasteiger partial charge in [0.1, 0.15) is 0 Å². The van der Waals surface area contributed by atoms with E-state index in [1.807, 2.05) is 24.3 Å². The number of aryl methyl sites for hydroxylation is 2. The van der Waals surface area contributed by atoms with Gasteiger partial charge in [-0.1, -0.05) is 54.1 Å². The van der Waals surface area contributed by atoms with Crippen molar-refractivity contribution >= 4 is 30.1 Å². The van der Waals surface area contributed by atoms with Crippen molar-refractivity contribution in [2.45, 2.75) is 32.2 Å². The van der Waals surface area contributed by atoms with Gasteiger partial charge in [-0.25, -0.2) is 0 Å². The molecule has 24 heavy (non-hydrogen) atoms. The van der Waals surface area contributed by atoms with E-state index in [4.69, 9.17) is 11.6 Å². The predicted molar refractivity (Wildman–Crippen MR) is 107 cm³/mol. The Labute approximate surface area is 156 Å². The SMILES string of the molecule is CN(C/C=C/c1ccc(Cl)cc1)Cc1ccc2c(c1)CCCC2.Cl. The van der Waals surface area contributed by atoms with Gasteiger partial charge in [0.05, 0.1) is 0 Å². The van der Waals surface area contributed by atoms with E-state index >= 15 is 0 Å². The fourth-order valence-electron chi connectivity index (χ4n) is 3.20. The van der Waals surface area contributed by atoms with Crippen LogP contribution < -0.4 is 0 Å². The van der Waals surface area contributed by atoms with E-state index in [0.717, 1.165) is 18.1 Å². The largest absolute Gasteiger partial charge is 0.298 e. The van der Waals surface area contributed by atoms with Crippen LogP contribution in [0.4, 0.5) is 0 Å². The average Bonchev–Trinajstić information content (AvgIpc) is 2.56. The first-order valence-corrected chi connectivity index (χ1v) is 8.80. The molecule has 0 radical (unpaired) electrons. The number of hydrogen-bond acceptors (Lipinski definition) is 1. The van der Waals surface area contributed by atoms with E-state index in [2.05, 4.69) is 42.3 Å². The molecule has 0 amide bonds. The van der Waals surface area contributed by atoms with Crippen molar-refractivity contribution in [3.05, 3.63) is 75.8 Å². The van der Waals surface area contributed by atoms with Crippen LogP contribution in [-0.4, -0.2) is 18.5 Å². The fraction of sp³-hybridized carbons (Fsp3) is 0.333. The second-order valence-corrected chi connectivity index (χ2v) is 6.90. The molecule has 1 aliphatic rings. The molecule has 0 saturated carbocycles. The summed E-state index contributed by atoms with van der Waals surface area (Å²) in [7, 11) is 2.17. The Kier molecular flexibility index (Phi) is 7.36. The number of fused-ring (bicyclic) bond motifs is 1. The third-order valence-electron chi connectivity index (χ3n) is 4.46. The molecule has 3 heteroatoms. The molecule has 0 aromatic heterocycles. The van der Waals surface area contributed by atoms with Crippen molar-refractivity contribution in [1.29, 1.82) is 0 Å². The first-order chi connectivity index (χ1) is 11.2. The van der Waals surface area contributed by atoms with Crippen molar-refractivity contribution in [1.82, 2.24) is 4.90 Å². The Bertz CT molecular complexity index is 677. The summed E-state index contributed by atoms with van der Waals surface area (Å²) in [6, 6.07) is 15.0. The van der Waals surface area contributed by atoms with Gasteiger partial charge >= 0.3 is 0 Å². The van der Waals surface area contributed by atoms with Crippen LogP contribution in [-0.2, 0) is 19.4 Å². The summed E-state index contributed by atoms with van der Waals surface area (Å²) in [5.74, 6) is 0. The van der Waals surface area contributed by atoms with Gasteiger partial charge in [0.2, 0.25) is 0 Å². The summed E-state index contributed by atoms with van der Waals surface area (Å²) < 4.78 is 0. The van der Waals surface area contributed by atoms with E-state index in [1.165, 1.54) is 36.8 Å². The first-order valence-electron chi connectivity index (χ1n) is 8.42. The zero-order chi connectivity index (χ0) is 16.1. The molecule has 128 valence electrons. The Morgan fingerprint density at radius 2 is 1.71 bits per heavy atom. The Morgan fingerprint density at radius 1 is 1.00 bits per heavy atom. The van der Waals surface area contributed by atoms with Gasteiger partial charge in [-0.2, -0.15) is 0 Å². The summed E-state index contributed by atoms with van der Waals surface area (Å²) in [5, 5.41) is 0.784. The lowest BCUT2D eigenvalue weighted by molar-refractivity contribution is 0.363. The minimum Gasteiger partial charge on any atom is -0.298 e. The molecule has 2 aromatic carbocycles. The molecule has 3 rings (SSSR count). The van der Waals surface area contributed by atoms with Gasteiger partial charge < -0.3 is 0 Å². The topological polar surface area (TPSA) is 3.24 Å². The Morgan fingerprint density at radius 3 is 2.46 bits per heavy atom. The maximum Gasteiger partial charge on any atom is 0.0406 e. The van der Waals surface area contributed by atoms with Crippen LogP contribution in [0.2, 0.25) is 5.02 Å². The predicted octanol–water partition coefficient (Wildman–Crippen LogP) is 5.79. The summed E-state index contributed by atoms with van der Waals surface area (Å²) in [4.78, 5) is 2.34. The van der Waals surface area contributed by atoms with Gasteiger partial charge in [0, 0.05) is 18.1 Å². The van der Waals surface area contributed by atoms with Crippen LogP contribution in [0.1, 0.15) is 35.1 Å². The molecule has 0 atom stereocenters. The third kappa shape index (κ3) is 5.37. The monoisotopic (exact) mass is 361 g/mol. The van der Waals surface area contributed by atoms with Gasteiger partial charge in [0.15, 0.2) is 0 Å². The van der Waals surface area contributed by atoms with E-state index in [0.29, 0.717) is 0 Å². The van der Waals surface area contributed by atoms with Crippen LogP contribution in [0.3, 0.4) is 0 Å². The highest BCUT2D eigenvalue weighted by atomic mass is 35.5. The van der Waals surface area contributed by atoms with Gasteiger partial charge in [0.25, 0.3) is 0 Å². The van der Waals surface area contributed by atoms with Crippen molar-refractivity contribution in [2.75, 3.05) is 13.6 Å². The lowest BCUT2D eigenvalue weighted by Crippen LogP contribution is -2.18. The van der Waals surface area contributed by atoms with Crippen LogP contribution in [0, 0.1) is 0 Å². The summed E-state index contributed by atoms with van der Waals surface area (Å²) in [6.45, 7) is 1.94. The zero-order valence-corrected chi connectivity index (χ0v) is 15.7. The number of nitrogens with zero attached hydrogens (tertiary/aromatic N) is 1. The highest BCUT2D eigenvalue weighted by molar-refractivity contribution is 6.30. The highest BCUT2D eigenvalue weighted by Crippen LogP contribution is 2.22. The van der Waals surface area contributed by atoms with E-state index in [1.54, 1.807) is 11.1 Å². The highest BCUT2D eigenvalue weighted by Gasteiger charge is 2.09. The number of likely N-dealkylation sites (N-methyl/N-ethyl adjacent to an activating group) is 1. The lowest BCUT2D eigenvalue weighted by Gasteiger charge is -2.19. The summed E-state index contributed by atoms with van der Waals surface area (Å²) >= 11 is 5.90.